The van der Waals surface area contributed by atoms with E-state index in [4.69, 9.17) is 5.11 Å². The third-order valence-electron chi connectivity index (χ3n) is 3.10. The molecule has 3 N–H and O–H groups in total. The maximum absolute atomic E-state index is 12.1. The van der Waals surface area contributed by atoms with Gasteiger partial charge >= 0.3 is 5.97 Å². The summed E-state index contributed by atoms with van der Waals surface area (Å²) in [4.78, 5) is 11.0. The lowest BCUT2D eigenvalue weighted by Gasteiger charge is -2.12. The number of aromatic carboxylic acids is 1. The maximum Gasteiger partial charge on any atom is 0.336 e. The summed E-state index contributed by atoms with van der Waals surface area (Å²) in [5, 5.41) is 18.5. The minimum absolute atomic E-state index is 0.0710. The van der Waals surface area contributed by atoms with Crippen molar-refractivity contribution in [1.29, 1.82) is 0 Å². The van der Waals surface area contributed by atoms with Crippen molar-refractivity contribution in [1.82, 2.24) is 4.72 Å². The van der Waals surface area contributed by atoms with Crippen molar-refractivity contribution in [3.63, 3.8) is 0 Å². The summed E-state index contributed by atoms with van der Waals surface area (Å²) in [6.45, 7) is 3.48. The second-order valence-electron chi connectivity index (χ2n) is 4.63. The molecule has 0 aliphatic carbocycles. The van der Waals surface area contributed by atoms with Crippen LogP contribution in [0.5, 0.6) is 0 Å². The molecule has 0 heterocycles. The van der Waals surface area contributed by atoms with Crippen LogP contribution in [0.1, 0.15) is 35.7 Å². The van der Waals surface area contributed by atoms with Gasteiger partial charge in [-0.05, 0) is 37.5 Å². The molecule has 0 aliphatic heterocycles. The zero-order valence-corrected chi connectivity index (χ0v) is 14.2. The molecule has 0 radical (unpaired) electrons. The van der Waals surface area contributed by atoms with Gasteiger partial charge in [0.1, 0.15) is 0 Å². The number of carboxylic acid groups (broad SMARTS) is 1. The molecule has 118 valence electrons. The van der Waals surface area contributed by atoms with Crippen LogP contribution in [0.4, 0.5) is 0 Å². The predicted octanol–water partition coefficient (Wildman–Crippen LogP) is 1.90. The van der Waals surface area contributed by atoms with Gasteiger partial charge in [-0.25, -0.2) is 17.9 Å². The van der Waals surface area contributed by atoms with Crippen molar-refractivity contribution in [3.05, 3.63) is 27.7 Å². The topological polar surface area (TPSA) is 104 Å². The third kappa shape index (κ3) is 4.77. The number of carboxylic acids is 1. The predicted molar refractivity (Wildman–Crippen MR) is 81.9 cm³/mol. The van der Waals surface area contributed by atoms with E-state index < -0.39 is 22.1 Å². The normalized spacial score (nSPS) is 13.1. The van der Waals surface area contributed by atoms with Crippen LogP contribution in [0.15, 0.2) is 21.5 Å². The molecule has 0 aliphatic rings. The maximum atomic E-state index is 12.1. The van der Waals surface area contributed by atoms with E-state index in [1.807, 2.05) is 0 Å². The Kier molecular flexibility index (Phi) is 6.33. The largest absolute Gasteiger partial charge is 0.478 e. The quantitative estimate of drug-likeness (QED) is 0.670. The molecule has 0 bridgehead atoms. The number of hydrogen-bond acceptors (Lipinski definition) is 4. The molecule has 1 aromatic carbocycles. The summed E-state index contributed by atoms with van der Waals surface area (Å²) in [5.74, 6) is -1.19. The number of carbonyl (C=O) groups is 1. The second-order valence-corrected chi connectivity index (χ2v) is 7.25. The summed E-state index contributed by atoms with van der Waals surface area (Å²) in [6, 6.07) is 2.49. The average molecular weight is 380 g/mol. The highest BCUT2D eigenvalue weighted by molar-refractivity contribution is 9.10. The lowest BCUT2D eigenvalue weighted by atomic mass is 10.1. The molecular formula is C13H18BrNO5S. The number of aliphatic hydroxyl groups excluding tert-OH is 1. The van der Waals surface area contributed by atoms with Gasteiger partial charge in [-0.1, -0.05) is 22.9 Å². The van der Waals surface area contributed by atoms with Crippen molar-refractivity contribution >= 4 is 31.9 Å². The molecule has 6 nitrogen and oxygen atoms in total. The first-order chi connectivity index (χ1) is 9.69. The fraction of sp³-hybridized carbons (Fsp3) is 0.462. The Morgan fingerprint density at radius 1 is 1.43 bits per heavy atom. The molecule has 0 aromatic heterocycles. The number of halogens is 1. The fourth-order valence-electron chi connectivity index (χ4n) is 1.68. The molecule has 1 atom stereocenters. The highest BCUT2D eigenvalue weighted by Gasteiger charge is 2.20. The summed E-state index contributed by atoms with van der Waals surface area (Å²) in [6.07, 6.45) is 0.280. The highest BCUT2D eigenvalue weighted by atomic mass is 79.9. The molecule has 1 unspecified atom stereocenters. The van der Waals surface area contributed by atoms with E-state index in [-0.39, 0.29) is 17.0 Å². The first-order valence-electron chi connectivity index (χ1n) is 6.40. The van der Waals surface area contributed by atoms with Gasteiger partial charge in [-0.15, -0.1) is 0 Å². The SMILES string of the molecule is CCC(O)CCNS(=O)(=O)c1cc(Br)c(C)c(C(=O)O)c1. The van der Waals surface area contributed by atoms with E-state index in [9.17, 15) is 18.3 Å². The van der Waals surface area contributed by atoms with Crippen LogP contribution >= 0.6 is 15.9 Å². The van der Waals surface area contributed by atoms with Crippen molar-refractivity contribution < 1.29 is 23.4 Å². The number of aliphatic hydroxyl groups is 1. The van der Waals surface area contributed by atoms with Crippen molar-refractivity contribution in [2.45, 2.75) is 37.7 Å². The summed E-state index contributed by atoms with van der Waals surface area (Å²) < 4.78 is 27.0. The Morgan fingerprint density at radius 3 is 2.57 bits per heavy atom. The molecule has 0 saturated carbocycles. The Hall–Kier alpha value is -0.960. The van der Waals surface area contributed by atoms with Crippen molar-refractivity contribution in [2.75, 3.05) is 6.54 Å². The monoisotopic (exact) mass is 379 g/mol. The number of hydrogen-bond donors (Lipinski definition) is 3. The molecule has 1 rings (SSSR count). The summed E-state index contributed by atoms with van der Waals surface area (Å²) in [5.41, 5.74) is 0.390. The molecule has 0 amide bonds. The number of benzene rings is 1. The van der Waals surface area contributed by atoms with Gasteiger partial charge in [0.25, 0.3) is 0 Å². The van der Waals surface area contributed by atoms with Gasteiger partial charge in [0.05, 0.1) is 16.6 Å². The molecular weight excluding hydrogens is 362 g/mol. The minimum Gasteiger partial charge on any atom is -0.478 e. The average Bonchev–Trinajstić information content (AvgIpc) is 2.40. The number of nitrogens with one attached hydrogen (secondary N) is 1. The van der Waals surface area contributed by atoms with Gasteiger partial charge < -0.3 is 10.2 Å². The van der Waals surface area contributed by atoms with Gasteiger partial charge in [0, 0.05) is 11.0 Å². The molecule has 1 aromatic rings. The van der Waals surface area contributed by atoms with Crippen LogP contribution < -0.4 is 4.72 Å². The van der Waals surface area contributed by atoms with Gasteiger partial charge in [-0.3, -0.25) is 0 Å². The van der Waals surface area contributed by atoms with E-state index in [2.05, 4.69) is 20.7 Å². The Morgan fingerprint density at radius 2 is 2.05 bits per heavy atom. The summed E-state index contributed by atoms with van der Waals surface area (Å²) in [7, 11) is -3.81. The number of sulfonamides is 1. The fourth-order valence-corrected chi connectivity index (χ4v) is 3.39. The van der Waals surface area contributed by atoms with Crippen LogP contribution in [-0.4, -0.2) is 37.2 Å². The molecule has 0 fully saturated rings. The lowest BCUT2D eigenvalue weighted by molar-refractivity contribution is 0.0695. The van der Waals surface area contributed by atoms with Gasteiger partial charge in [-0.2, -0.15) is 0 Å². The molecule has 21 heavy (non-hydrogen) atoms. The Bertz CT molecular complexity index is 630. The zero-order valence-electron chi connectivity index (χ0n) is 11.8. The first kappa shape index (κ1) is 18.1. The highest BCUT2D eigenvalue weighted by Crippen LogP contribution is 2.25. The third-order valence-corrected chi connectivity index (χ3v) is 5.36. The van der Waals surface area contributed by atoms with Crippen LogP contribution in [-0.2, 0) is 10.0 Å². The van der Waals surface area contributed by atoms with Crippen molar-refractivity contribution in [3.8, 4) is 0 Å². The molecule has 8 heteroatoms. The first-order valence-corrected chi connectivity index (χ1v) is 8.67. The van der Waals surface area contributed by atoms with Crippen molar-refractivity contribution in [2.24, 2.45) is 0 Å². The molecule has 0 saturated heterocycles. The molecule has 0 spiro atoms. The standard InChI is InChI=1S/C13H18BrNO5S/c1-3-9(16)4-5-15-21(19,20)10-6-11(13(17)18)8(2)12(14)7-10/h6-7,9,15-16H,3-5H2,1-2H3,(H,17,18). The summed E-state index contributed by atoms with van der Waals surface area (Å²) >= 11 is 3.16. The second kappa shape index (κ2) is 7.35. The van der Waals surface area contributed by atoms with Crippen LogP contribution in [0, 0.1) is 6.92 Å². The van der Waals surface area contributed by atoms with Gasteiger partial charge in [0.2, 0.25) is 10.0 Å². The zero-order chi connectivity index (χ0) is 16.2. The minimum atomic E-state index is -3.81. The van der Waals surface area contributed by atoms with Crippen LogP contribution in [0.25, 0.3) is 0 Å². The van der Waals surface area contributed by atoms with E-state index in [0.29, 0.717) is 22.9 Å². The Labute approximate surface area is 132 Å². The van der Waals surface area contributed by atoms with E-state index in [1.54, 1.807) is 13.8 Å². The number of rotatable bonds is 7. The Balaban J connectivity index is 3.01. The van der Waals surface area contributed by atoms with E-state index >= 15 is 0 Å². The van der Waals surface area contributed by atoms with Crippen LogP contribution in [0.3, 0.4) is 0 Å². The smallest absolute Gasteiger partial charge is 0.336 e. The van der Waals surface area contributed by atoms with E-state index in [0.717, 1.165) is 6.07 Å². The van der Waals surface area contributed by atoms with Gasteiger partial charge in [0.15, 0.2) is 0 Å². The van der Waals surface area contributed by atoms with E-state index in [1.165, 1.54) is 6.07 Å². The van der Waals surface area contributed by atoms with Crippen LogP contribution in [0.2, 0.25) is 0 Å². The lowest BCUT2D eigenvalue weighted by Crippen LogP contribution is -2.27.